The Balaban J connectivity index is 1.58. The number of hydrogen-bond donors (Lipinski definition) is 1. The van der Waals surface area contributed by atoms with Crippen LogP contribution < -0.4 is 5.32 Å². The Morgan fingerprint density at radius 1 is 0.865 bits per heavy atom. The van der Waals surface area contributed by atoms with Crippen molar-refractivity contribution in [1.82, 2.24) is 10.2 Å². The van der Waals surface area contributed by atoms with Crippen molar-refractivity contribution in [2.24, 2.45) is 0 Å². The van der Waals surface area contributed by atoms with Gasteiger partial charge in [0.25, 0.3) is 0 Å². The molecule has 190 valence electrons. The number of β-lactam (4-membered cyclic amide) rings is 1. The minimum atomic E-state index is -1.03. The lowest BCUT2D eigenvalue weighted by Crippen LogP contribution is -2.71. The van der Waals surface area contributed by atoms with Gasteiger partial charge in [-0.1, -0.05) is 103 Å². The molecule has 0 aromatic heterocycles. The van der Waals surface area contributed by atoms with Gasteiger partial charge in [-0.15, -0.1) is 0 Å². The Morgan fingerprint density at radius 3 is 1.97 bits per heavy atom. The van der Waals surface area contributed by atoms with Gasteiger partial charge in [0.1, 0.15) is 11.4 Å². The van der Waals surface area contributed by atoms with E-state index in [1.165, 1.54) is 4.90 Å². The molecule has 8 heteroatoms. The van der Waals surface area contributed by atoms with E-state index >= 15 is 0 Å². The maximum absolute atomic E-state index is 13.4. The van der Waals surface area contributed by atoms with Crippen molar-refractivity contribution in [3.8, 4) is 0 Å². The fraction of sp³-hybridized carbons (Fsp3) is 0.241. The van der Waals surface area contributed by atoms with Crippen LogP contribution in [0.15, 0.2) is 91.0 Å². The van der Waals surface area contributed by atoms with Gasteiger partial charge in [-0.3, -0.25) is 14.4 Å². The lowest BCUT2D eigenvalue weighted by atomic mass is 9.97. The molecule has 3 aromatic carbocycles. The molecular weight excluding hydrogens is 488 g/mol. The maximum Gasteiger partial charge on any atom is 0.333 e. The van der Waals surface area contributed by atoms with Crippen LogP contribution >= 0.6 is 11.8 Å². The summed E-state index contributed by atoms with van der Waals surface area (Å²) in [5, 5.41) is 1.85. The molecule has 4 rings (SSSR count). The molecule has 7 nitrogen and oxygen atoms in total. The number of ether oxygens (including phenoxy) is 1. The second-order valence-electron chi connectivity index (χ2n) is 8.56. The number of carbonyl (C=O) groups is 4. The Morgan fingerprint density at radius 2 is 1.41 bits per heavy atom. The molecule has 1 aliphatic heterocycles. The summed E-state index contributed by atoms with van der Waals surface area (Å²) in [5.41, 5.74) is 2.22. The van der Waals surface area contributed by atoms with Crippen molar-refractivity contribution in [3.05, 3.63) is 108 Å². The van der Waals surface area contributed by atoms with E-state index in [0.717, 1.165) is 22.9 Å². The molecule has 0 aliphatic carbocycles. The second kappa shape index (κ2) is 12.4. The van der Waals surface area contributed by atoms with Gasteiger partial charge in [-0.2, -0.15) is 0 Å². The summed E-state index contributed by atoms with van der Waals surface area (Å²) in [6.07, 6.45) is 0.254. The minimum Gasteiger partial charge on any atom is -0.464 e. The highest BCUT2D eigenvalue weighted by atomic mass is 32.2. The molecule has 0 spiro atoms. The number of nitrogens with one attached hydrogen (secondary N) is 1. The zero-order valence-corrected chi connectivity index (χ0v) is 21.2. The van der Waals surface area contributed by atoms with Crippen LogP contribution in [0, 0.1) is 0 Å². The fourth-order valence-electron chi connectivity index (χ4n) is 4.23. The largest absolute Gasteiger partial charge is 0.464 e. The molecule has 1 saturated heterocycles. The second-order valence-corrected chi connectivity index (χ2v) is 9.74. The zero-order chi connectivity index (χ0) is 26.2. The van der Waals surface area contributed by atoms with E-state index in [4.69, 9.17) is 4.74 Å². The normalized spacial score (nSPS) is 17.4. The molecule has 1 aliphatic rings. The standard InChI is InChI=1S/C29H28N2O5S/c1-2-36-29(35)26(22-16-10-5-11-17-22)31-27(34)25(30-23(32)18-20-12-6-3-7-13-20)28(31)37-24(33)19-21-14-8-4-9-15-21/h3-17,25-26,28H,2,18-19H2,1H3,(H,30,32). The minimum absolute atomic E-state index is 0.0972. The van der Waals surface area contributed by atoms with Crippen LogP contribution in [0.3, 0.4) is 0 Å². The predicted octanol–water partition coefficient (Wildman–Crippen LogP) is 3.69. The number of rotatable bonds is 10. The SMILES string of the molecule is CCOC(=O)C(c1ccccc1)N1C(=O)C(NC(=O)Cc2ccccc2)C1SC(=O)Cc1ccccc1. The van der Waals surface area contributed by atoms with Gasteiger partial charge in [0.15, 0.2) is 11.2 Å². The first-order valence-electron chi connectivity index (χ1n) is 12.1. The van der Waals surface area contributed by atoms with Crippen molar-refractivity contribution in [3.63, 3.8) is 0 Å². The highest BCUT2D eigenvalue weighted by Gasteiger charge is 2.54. The van der Waals surface area contributed by atoms with Gasteiger partial charge in [0, 0.05) is 6.42 Å². The topological polar surface area (TPSA) is 92.8 Å². The van der Waals surface area contributed by atoms with Crippen LogP contribution in [0.25, 0.3) is 0 Å². The van der Waals surface area contributed by atoms with Gasteiger partial charge >= 0.3 is 5.97 Å². The van der Waals surface area contributed by atoms with E-state index < -0.39 is 29.3 Å². The van der Waals surface area contributed by atoms with Crippen molar-refractivity contribution >= 4 is 34.7 Å². The quantitative estimate of drug-likeness (QED) is 0.326. The summed E-state index contributed by atoms with van der Waals surface area (Å²) in [6, 6.07) is 25.3. The van der Waals surface area contributed by atoms with Crippen LogP contribution in [0.1, 0.15) is 29.7 Å². The van der Waals surface area contributed by atoms with E-state index in [9.17, 15) is 19.2 Å². The highest BCUT2D eigenvalue weighted by molar-refractivity contribution is 8.14. The van der Waals surface area contributed by atoms with Crippen molar-refractivity contribution in [2.45, 2.75) is 37.2 Å². The summed E-state index contributed by atoms with van der Waals surface area (Å²) in [6.45, 7) is 1.84. The monoisotopic (exact) mass is 516 g/mol. The van der Waals surface area contributed by atoms with Gasteiger partial charge in [-0.05, 0) is 23.6 Å². The Labute approximate surface area is 220 Å². The van der Waals surface area contributed by atoms with Crippen molar-refractivity contribution in [1.29, 1.82) is 0 Å². The van der Waals surface area contributed by atoms with Crippen LogP contribution in [0.4, 0.5) is 0 Å². The Kier molecular flexibility index (Phi) is 8.74. The van der Waals surface area contributed by atoms with Crippen LogP contribution in [-0.4, -0.2) is 45.8 Å². The smallest absolute Gasteiger partial charge is 0.333 e. The average Bonchev–Trinajstić information content (AvgIpc) is 2.91. The molecule has 3 unspecified atom stereocenters. The molecule has 0 radical (unpaired) electrons. The zero-order valence-electron chi connectivity index (χ0n) is 20.4. The first kappa shape index (κ1) is 26.2. The summed E-state index contributed by atoms with van der Waals surface area (Å²) in [4.78, 5) is 53.6. The molecule has 0 bridgehead atoms. The molecule has 2 amide bonds. The maximum atomic E-state index is 13.4. The molecule has 0 saturated carbocycles. The number of nitrogens with zero attached hydrogens (tertiary/aromatic N) is 1. The van der Waals surface area contributed by atoms with Gasteiger partial charge in [0.2, 0.25) is 11.8 Å². The number of likely N-dealkylation sites (tertiary alicyclic amines) is 1. The van der Waals surface area contributed by atoms with Gasteiger partial charge in [-0.25, -0.2) is 4.79 Å². The number of esters is 1. The summed E-state index contributed by atoms with van der Waals surface area (Å²) < 4.78 is 5.29. The van der Waals surface area contributed by atoms with Gasteiger partial charge < -0.3 is 15.0 Å². The molecule has 37 heavy (non-hydrogen) atoms. The number of thioether (sulfide) groups is 1. The third-order valence-corrected chi connectivity index (χ3v) is 7.10. The summed E-state index contributed by atoms with van der Waals surface area (Å²) in [7, 11) is 0. The average molecular weight is 517 g/mol. The Bertz CT molecular complexity index is 1240. The summed E-state index contributed by atoms with van der Waals surface area (Å²) in [5.74, 6) is -1.36. The third kappa shape index (κ3) is 6.46. The molecule has 1 N–H and O–H groups in total. The number of amides is 2. The highest BCUT2D eigenvalue weighted by Crippen LogP contribution is 2.39. The van der Waals surface area contributed by atoms with E-state index in [2.05, 4.69) is 5.32 Å². The van der Waals surface area contributed by atoms with E-state index in [0.29, 0.717) is 5.56 Å². The molecule has 1 fully saturated rings. The fourth-order valence-corrected chi connectivity index (χ4v) is 5.41. The first-order chi connectivity index (χ1) is 18.0. The first-order valence-corrected chi connectivity index (χ1v) is 13.0. The molecular formula is C29H28N2O5S. The number of hydrogen-bond acceptors (Lipinski definition) is 6. The lowest BCUT2D eigenvalue weighted by Gasteiger charge is -2.49. The number of benzene rings is 3. The Hall–Kier alpha value is -3.91. The van der Waals surface area contributed by atoms with E-state index in [-0.39, 0.29) is 30.5 Å². The third-order valence-electron chi connectivity index (χ3n) is 5.95. The molecule has 3 aromatic rings. The predicted molar refractivity (Wildman–Crippen MR) is 141 cm³/mol. The lowest BCUT2D eigenvalue weighted by molar-refractivity contribution is -0.165. The summed E-state index contributed by atoms with van der Waals surface area (Å²) >= 11 is 0.952. The van der Waals surface area contributed by atoms with E-state index in [1.54, 1.807) is 31.2 Å². The van der Waals surface area contributed by atoms with Crippen molar-refractivity contribution in [2.75, 3.05) is 6.61 Å². The van der Waals surface area contributed by atoms with Crippen LogP contribution in [0.5, 0.6) is 0 Å². The van der Waals surface area contributed by atoms with Crippen LogP contribution in [-0.2, 0) is 36.8 Å². The molecule has 1 heterocycles. The number of carbonyl (C=O) groups excluding carboxylic acids is 4. The van der Waals surface area contributed by atoms with Crippen LogP contribution in [0.2, 0.25) is 0 Å². The van der Waals surface area contributed by atoms with Crippen molar-refractivity contribution < 1.29 is 23.9 Å². The molecule has 3 atom stereocenters. The van der Waals surface area contributed by atoms with E-state index in [1.807, 2.05) is 66.7 Å². The van der Waals surface area contributed by atoms with Gasteiger partial charge in [0.05, 0.1) is 13.0 Å².